The molecule has 0 aliphatic carbocycles. The minimum Gasteiger partial charge on any atom is -0.464 e. The molecule has 0 aliphatic heterocycles. The van der Waals surface area contributed by atoms with Crippen molar-refractivity contribution in [3.8, 4) is 11.1 Å². The van der Waals surface area contributed by atoms with E-state index in [1.54, 1.807) is 18.2 Å². The Morgan fingerprint density at radius 2 is 1.78 bits per heavy atom. The van der Waals surface area contributed by atoms with Crippen molar-refractivity contribution in [3.63, 3.8) is 0 Å². The van der Waals surface area contributed by atoms with Crippen molar-refractivity contribution in [2.24, 2.45) is 0 Å². The number of rotatable bonds is 7. The van der Waals surface area contributed by atoms with E-state index >= 15 is 0 Å². The van der Waals surface area contributed by atoms with Gasteiger partial charge in [-0.25, -0.2) is 4.98 Å². The van der Waals surface area contributed by atoms with Gasteiger partial charge in [0.05, 0.1) is 23.8 Å². The van der Waals surface area contributed by atoms with Crippen LogP contribution < -0.4 is 10.9 Å². The summed E-state index contributed by atoms with van der Waals surface area (Å²) in [5, 5.41) is 3.38. The molecule has 3 aromatic carbocycles. The Bertz CT molecular complexity index is 1630. The summed E-state index contributed by atoms with van der Waals surface area (Å²) in [4.78, 5) is 32.4. The predicted molar refractivity (Wildman–Crippen MR) is 146 cm³/mol. The Kier molecular flexibility index (Phi) is 6.70. The average Bonchev–Trinajstić information content (AvgIpc) is 3.30. The van der Waals surface area contributed by atoms with Crippen molar-refractivity contribution in [1.29, 1.82) is 0 Å². The smallest absolute Gasteiger partial charge is 0.261 e. The van der Waals surface area contributed by atoms with Crippen molar-refractivity contribution < 1.29 is 9.21 Å². The van der Waals surface area contributed by atoms with Crippen LogP contribution in [-0.2, 0) is 13.1 Å². The summed E-state index contributed by atoms with van der Waals surface area (Å²) in [7, 11) is 4.10. The van der Waals surface area contributed by atoms with E-state index in [1.807, 2.05) is 43.3 Å². The first-order valence-electron chi connectivity index (χ1n) is 12.1. The fraction of sp³-hybridized carbons (Fsp3) is 0.167. The lowest BCUT2D eigenvalue weighted by molar-refractivity contribution is 0.102. The number of carbonyl (C=O) groups excluding carboxylic acids is 1. The first-order chi connectivity index (χ1) is 17.9. The van der Waals surface area contributed by atoms with Gasteiger partial charge in [0, 0.05) is 17.8 Å². The molecule has 1 N–H and O–H groups in total. The maximum absolute atomic E-state index is 12.9. The molecule has 7 nitrogen and oxygen atoms in total. The lowest BCUT2D eigenvalue weighted by atomic mass is 10.0. The highest BCUT2D eigenvalue weighted by molar-refractivity contribution is 6.06. The summed E-state index contributed by atoms with van der Waals surface area (Å²) in [6.07, 6.45) is 1.48. The third-order valence-electron chi connectivity index (χ3n) is 6.11. The third kappa shape index (κ3) is 5.52. The van der Waals surface area contributed by atoms with Crippen LogP contribution in [-0.4, -0.2) is 34.5 Å². The quantitative estimate of drug-likeness (QED) is 0.332. The molecule has 1 amide bonds. The van der Waals surface area contributed by atoms with E-state index < -0.39 is 0 Å². The van der Waals surface area contributed by atoms with Gasteiger partial charge in [-0.1, -0.05) is 30.3 Å². The zero-order valence-electron chi connectivity index (χ0n) is 21.1. The number of anilines is 1. The minimum atomic E-state index is -0.264. The van der Waals surface area contributed by atoms with E-state index in [0.717, 1.165) is 23.4 Å². The highest BCUT2D eigenvalue weighted by Crippen LogP contribution is 2.23. The Balaban J connectivity index is 1.30. The molecule has 0 aliphatic rings. The molecule has 37 heavy (non-hydrogen) atoms. The molecule has 0 spiro atoms. The molecule has 0 unspecified atom stereocenters. The molecule has 2 heterocycles. The molecule has 186 valence electrons. The molecule has 0 saturated carbocycles. The fourth-order valence-corrected chi connectivity index (χ4v) is 4.31. The summed E-state index contributed by atoms with van der Waals surface area (Å²) >= 11 is 0. The maximum Gasteiger partial charge on any atom is 0.261 e. The molecule has 5 rings (SSSR count). The number of hydrogen-bond donors (Lipinski definition) is 1. The van der Waals surface area contributed by atoms with Gasteiger partial charge < -0.3 is 14.6 Å². The maximum atomic E-state index is 12.9. The SMILES string of the molecule is Cc1ccc(Cn2cnc3cc(C(=O)Nc4ccc(-c5cccc(CN(C)C)c5)cc4)ccc3c2=O)o1. The standard InChI is InChI=1S/C30H28N4O3/c1-20-7-13-26(37-20)18-34-19-31-28-16-24(10-14-27(28)30(34)36)29(35)32-25-11-8-22(9-12-25)23-6-4-5-21(15-23)17-33(2)3/h4-16,19H,17-18H2,1-3H3,(H,32,35). The topological polar surface area (TPSA) is 80.4 Å². The highest BCUT2D eigenvalue weighted by Gasteiger charge is 2.12. The summed E-state index contributed by atoms with van der Waals surface area (Å²) in [5.74, 6) is 1.21. The van der Waals surface area contributed by atoms with Crippen LogP contribution in [0.2, 0.25) is 0 Å². The predicted octanol–water partition coefficient (Wildman–Crippen LogP) is 5.33. The number of nitrogens with zero attached hydrogens (tertiary/aromatic N) is 3. The van der Waals surface area contributed by atoms with E-state index in [0.29, 0.717) is 34.5 Å². The van der Waals surface area contributed by atoms with Crippen LogP contribution in [0, 0.1) is 6.92 Å². The first kappa shape index (κ1) is 24.2. The Hall–Kier alpha value is -4.49. The molecular weight excluding hydrogens is 464 g/mol. The molecule has 0 atom stereocenters. The third-order valence-corrected chi connectivity index (χ3v) is 6.11. The fourth-order valence-electron chi connectivity index (χ4n) is 4.31. The summed E-state index contributed by atoms with van der Waals surface area (Å²) in [6, 6.07) is 24.8. The molecule has 0 radical (unpaired) electrons. The van der Waals surface area contributed by atoms with Crippen LogP contribution in [0.3, 0.4) is 0 Å². The Morgan fingerprint density at radius 3 is 2.51 bits per heavy atom. The van der Waals surface area contributed by atoms with Crippen LogP contribution in [0.5, 0.6) is 0 Å². The van der Waals surface area contributed by atoms with Gasteiger partial charge in [-0.3, -0.25) is 14.2 Å². The molecule has 0 bridgehead atoms. The van der Waals surface area contributed by atoms with Gasteiger partial charge in [0.1, 0.15) is 11.5 Å². The second kappa shape index (κ2) is 10.2. The van der Waals surface area contributed by atoms with E-state index in [-0.39, 0.29) is 11.5 Å². The first-order valence-corrected chi connectivity index (χ1v) is 12.1. The Labute approximate surface area is 215 Å². The number of furan rings is 1. The molecular formula is C30H28N4O3. The van der Waals surface area contributed by atoms with Crippen LogP contribution in [0.4, 0.5) is 5.69 Å². The number of benzene rings is 3. The van der Waals surface area contributed by atoms with Gasteiger partial charge in [-0.15, -0.1) is 0 Å². The van der Waals surface area contributed by atoms with Gasteiger partial charge in [-0.05, 0) is 86.2 Å². The number of carbonyl (C=O) groups is 1. The number of aromatic nitrogens is 2. The number of nitrogens with one attached hydrogen (secondary N) is 1. The van der Waals surface area contributed by atoms with E-state index in [4.69, 9.17) is 4.42 Å². The van der Waals surface area contributed by atoms with E-state index in [1.165, 1.54) is 16.5 Å². The highest BCUT2D eigenvalue weighted by atomic mass is 16.3. The summed E-state index contributed by atoms with van der Waals surface area (Å²) in [5.41, 5.74) is 4.86. The molecule has 7 heteroatoms. The Morgan fingerprint density at radius 1 is 0.973 bits per heavy atom. The molecule has 2 aromatic heterocycles. The van der Waals surface area contributed by atoms with Gasteiger partial charge in [0.15, 0.2) is 0 Å². The zero-order chi connectivity index (χ0) is 25.9. The van der Waals surface area contributed by atoms with Crippen LogP contribution in [0.1, 0.15) is 27.4 Å². The zero-order valence-corrected chi connectivity index (χ0v) is 21.1. The van der Waals surface area contributed by atoms with Crippen molar-refractivity contribution in [3.05, 3.63) is 118 Å². The monoisotopic (exact) mass is 492 g/mol. The van der Waals surface area contributed by atoms with Gasteiger partial charge in [0.2, 0.25) is 0 Å². The second-order valence-electron chi connectivity index (χ2n) is 9.39. The lowest BCUT2D eigenvalue weighted by Gasteiger charge is -2.11. The van der Waals surface area contributed by atoms with Crippen molar-refractivity contribution in [1.82, 2.24) is 14.5 Å². The number of amides is 1. The van der Waals surface area contributed by atoms with Gasteiger partial charge in [0.25, 0.3) is 11.5 Å². The van der Waals surface area contributed by atoms with E-state index in [9.17, 15) is 9.59 Å². The van der Waals surface area contributed by atoms with Crippen LogP contribution in [0.15, 0.2) is 94.4 Å². The number of aryl methyl sites for hydroxylation is 1. The molecule has 0 saturated heterocycles. The van der Waals surface area contributed by atoms with Crippen molar-refractivity contribution in [2.75, 3.05) is 19.4 Å². The number of fused-ring (bicyclic) bond motifs is 1. The largest absolute Gasteiger partial charge is 0.464 e. The van der Waals surface area contributed by atoms with Gasteiger partial charge >= 0.3 is 0 Å². The second-order valence-corrected chi connectivity index (χ2v) is 9.39. The summed E-state index contributed by atoms with van der Waals surface area (Å²) in [6.45, 7) is 3.03. The normalized spacial score (nSPS) is 11.2. The van der Waals surface area contributed by atoms with Crippen LogP contribution in [0.25, 0.3) is 22.0 Å². The van der Waals surface area contributed by atoms with E-state index in [2.05, 4.69) is 53.6 Å². The lowest BCUT2D eigenvalue weighted by Crippen LogP contribution is -2.21. The molecule has 5 aromatic rings. The minimum absolute atomic E-state index is 0.184. The number of hydrogen-bond acceptors (Lipinski definition) is 5. The average molecular weight is 493 g/mol. The van der Waals surface area contributed by atoms with Gasteiger partial charge in [-0.2, -0.15) is 0 Å². The molecule has 0 fully saturated rings. The van der Waals surface area contributed by atoms with Crippen LogP contribution >= 0.6 is 0 Å². The van der Waals surface area contributed by atoms with Crippen molar-refractivity contribution in [2.45, 2.75) is 20.0 Å². The van der Waals surface area contributed by atoms with Crippen molar-refractivity contribution >= 4 is 22.5 Å². The summed E-state index contributed by atoms with van der Waals surface area (Å²) < 4.78 is 7.07.